The molecule has 4 aliphatic carbocycles. The van der Waals surface area contributed by atoms with Crippen LogP contribution in [-0.4, -0.2) is 32.5 Å². The number of halogens is 2. The summed E-state index contributed by atoms with van der Waals surface area (Å²) in [4.78, 5) is 23.3. The highest BCUT2D eigenvalue weighted by atomic mass is 35.5. The van der Waals surface area contributed by atoms with Gasteiger partial charge in [-0.2, -0.15) is 0 Å². The molecule has 0 spiro atoms. The second-order valence-corrected chi connectivity index (χ2v) is 9.99. The van der Waals surface area contributed by atoms with Crippen molar-refractivity contribution in [3.05, 3.63) is 36.0 Å². The van der Waals surface area contributed by atoms with E-state index in [0.717, 1.165) is 12.0 Å². The molecule has 4 aliphatic rings. The Morgan fingerprint density at radius 3 is 2.65 bits per heavy atom. The van der Waals surface area contributed by atoms with E-state index in [2.05, 4.69) is 6.08 Å². The fraction of sp³-hybridized carbons (Fsp3) is 0.619. The molecule has 3 nitrogen and oxygen atoms in total. The van der Waals surface area contributed by atoms with Crippen LogP contribution in [0.4, 0.5) is 0 Å². The van der Waals surface area contributed by atoms with Crippen LogP contribution in [0.5, 0.6) is 0 Å². The third kappa shape index (κ3) is 1.90. The molecular weight excluding hydrogens is 371 g/mol. The van der Waals surface area contributed by atoms with Gasteiger partial charge in [-0.05, 0) is 49.8 Å². The first-order chi connectivity index (χ1) is 12.0. The summed E-state index contributed by atoms with van der Waals surface area (Å²) in [5, 5.41) is 10.8. The summed E-state index contributed by atoms with van der Waals surface area (Å²) in [5.74, 6) is -0.258. The smallest absolute Gasteiger partial charge is 0.178 e. The highest BCUT2D eigenvalue weighted by molar-refractivity contribution is 6.34. The number of carbonyl (C=O) groups is 2. The highest BCUT2D eigenvalue weighted by Gasteiger charge is 2.71. The molecule has 0 saturated heterocycles. The number of ketones is 2. The maximum absolute atomic E-state index is 12.3. The first-order valence-electron chi connectivity index (χ1n) is 9.21. The standard InChI is InChI=1S/C21H24Cl2O3/c1-12(24)20(26)9-7-15-16-5-4-13-10-14(25)6-8-18(13,2)21(16,23)17(22)11-19(15,20)3/h4-6,8,10,15-17,26H,7,9,11H2,1-3H3/t15-,16-,17?,18-,19-,20-,21-/m0/s1. The predicted molar refractivity (Wildman–Crippen MR) is 102 cm³/mol. The van der Waals surface area contributed by atoms with Crippen LogP contribution in [0, 0.1) is 22.7 Å². The highest BCUT2D eigenvalue weighted by Crippen LogP contribution is 2.70. The van der Waals surface area contributed by atoms with Crippen LogP contribution >= 0.6 is 23.2 Å². The molecule has 0 aromatic rings. The van der Waals surface area contributed by atoms with Crippen molar-refractivity contribution in [3.8, 4) is 0 Å². The van der Waals surface area contributed by atoms with Gasteiger partial charge in [0.15, 0.2) is 11.6 Å². The number of carbonyl (C=O) groups excluding carboxylic acids is 2. The Hall–Kier alpha value is -0.900. The number of hydrogen-bond donors (Lipinski definition) is 1. The van der Waals surface area contributed by atoms with Crippen LogP contribution in [0.15, 0.2) is 36.0 Å². The summed E-state index contributed by atoms with van der Waals surface area (Å²) in [5.41, 5.74) is -1.64. The third-order valence-electron chi connectivity index (χ3n) is 7.90. The van der Waals surface area contributed by atoms with Crippen molar-refractivity contribution in [1.82, 2.24) is 0 Å². The van der Waals surface area contributed by atoms with E-state index >= 15 is 0 Å². The minimum absolute atomic E-state index is 0.0422. The molecule has 7 atom stereocenters. The van der Waals surface area contributed by atoms with E-state index in [0.29, 0.717) is 12.8 Å². The van der Waals surface area contributed by atoms with Gasteiger partial charge in [0.2, 0.25) is 0 Å². The Labute approximate surface area is 164 Å². The lowest BCUT2D eigenvalue weighted by Crippen LogP contribution is -2.66. The molecule has 1 N–H and O–H groups in total. The SMILES string of the molecule is CC(=O)[C@@]1(O)CC[C@H]2[C@@H]3C=CC4=CC(=O)C=C[C@]4(C)[C@@]3(Cl)C(Cl)C[C@@]21C. The van der Waals surface area contributed by atoms with Crippen molar-refractivity contribution in [2.75, 3.05) is 0 Å². The van der Waals surface area contributed by atoms with Crippen molar-refractivity contribution >= 4 is 34.8 Å². The van der Waals surface area contributed by atoms with E-state index in [1.807, 2.05) is 26.0 Å². The Morgan fingerprint density at radius 2 is 2.00 bits per heavy atom. The monoisotopic (exact) mass is 394 g/mol. The van der Waals surface area contributed by atoms with E-state index in [-0.39, 0.29) is 23.4 Å². The van der Waals surface area contributed by atoms with Gasteiger partial charge in [-0.3, -0.25) is 9.59 Å². The molecule has 0 bridgehead atoms. The summed E-state index contributed by atoms with van der Waals surface area (Å²) >= 11 is 14.3. The van der Waals surface area contributed by atoms with Crippen molar-refractivity contribution in [1.29, 1.82) is 0 Å². The molecule has 0 aliphatic heterocycles. The normalized spacial score (nSPS) is 52.2. The van der Waals surface area contributed by atoms with Gasteiger partial charge in [-0.25, -0.2) is 0 Å². The van der Waals surface area contributed by atoms with Gasteiger partial charge < -0.3 is 5.11 Å². The average Bonchev–Trinajstić information content (AvgIpc) is 2.83. The number of alkyl halides is 2. The average molecular weight is 395 g/mol. The molecule has 140 valence electrons. The fourth-order valence-corrected chi connectivity index (χ4v) is 7.36. The summed E-state index contributed by atoms with van der Waals surface area (Å²) < 4.78 is 0. The minimum atomic E-state index is -1.35. The molecule has 0 heterocycles. The van der Waals surface area contributed by atoms with Crippen molar-refractivity contribution in [2.24, 2.45) is 22.7 Å². The number of allylic oxidation sites excluding steroid dienone is 6. The molecule has 5 heteroatoms. The van der Waals surface area contributed by atoms with E-state index in [1.165, 1.54) is 6.92 Å². The van der Waals surface area contributed by atoms with Crippen LogP contribution in [0.2, 0.25) is 0 Å². The van der Waals surface area contributed by atoms with E-state index in [9.17, 15) is 14.7 Å². The number of Topliss-reactive ketones (excluding diaryl/α,β-unsaturated/α-hetero) is 1. The lowest BCUT2D eigenvalue weighted by atomic mass is 9.48. The zero-order valence-corrected chi connectivity index (χ0v) is 16.8. The predicted octanol–water partition coefficient (Wildman–Crippen LogP) is 3.97. The maximum atomic E-state index is 12.3. The largest absolute Gasteiger partial charge is 0.382 e. The fourth-order valence-electron chi connectivity index (χ4n) is 6.19. The second kappa shape index (κ2) is 5.33. The molecular formula is C21H24Cl2O3. The lowest BCUT2D eigenvalue weighted by Gasteiger charge is -2.62. The molecule has 0 radical (unpaired) electrons. The summed E-state index contributed by atoms with van der Waals surface area (Å²) in [6.07, 6.45) is 10.8. The molecule has 4 rings (SSSR count). The van der Waals surface area contributed by atoms with Crippen molar-refractivity contribution in [2.45, 2.75) is 55.9 Å². The zero-order valence-electron chi connectivity index (χ0n) is 15.3. The molecule has 26 heavy (non-hydrogen) atoms. The molecule has 0 aromatic heterocycles. The zero-order chi connectivity index (χ0) is 19.1. The summed E-state index contributed by atoms with van der Waals surface area (Å²) in [7, 11) is 0. The van der Waals surface area contributed by atoms with Crippen LogP contribution in [0.1, 0.15) is 40.0 Å². The number of aliphatic hydroxyl groups is 1. The van der Waals surface area contributed by atoms with E-state index in [4.69, 9.17) is 23.2 Å². The third-order valence-corrected chi connectivity index (χ3v) is 9.42. The van der Waals surface area contributed by atoms with E-state index < -0.39 is 26.7 Å². The van der Waals surface area contributed by atoms with Crippen LogP contribution in [-0.2, 0) is 9.59 Å². The topological polar surface area (TPSA) is 54.4 Å². The first kappa shape index (κ1) is 18.5. The lowest BCUT2D eigenvalue weighted by molar-refractivity contribution is -0.154. The van der Waals surface area contributed by atoms with Gasteiger partial charge in [0, 0.05) is 16.7 Å². The first-order valence-corrected chi connectivity index (χ1v) is 10.0. The van der Waals surface area contributed by atoms with Crippen LogP contribution < -0.4 is 0 Å². The quantitative estimate of drug-likeness (QED) is 0.684. The molecule has 2 fully saturated rings. The number of fused-ring (bicyclic) bond motifs is 5. The summed E-state index contributed by atoms with van der Waals surface area (Å²) in [6.45, 7) is 5.49. The Balaban J connectivity index is 1.88. The maximum Gasteiger partial charge on any atom is 0.178 e. The van der Waals surface area contributed by atoms with Gasteiger partial charge in [0.05, 0.1) is 10.3 Å². The minimum Gasteiger partial charge on any atom is -0.382 e. The molecule has 0 aromatic carbocycles. The van der Waals surface area contributed by atoms with Crippen molar-refractivity contribution < 1.29 is 14.7 Å². The van der Waals surface area contributed by atoms with Gasteiger partial charge in [-0.1, -0.05) is 32.1 Å². The Kier molecular flexibility index (Phi) is 3.79. The number of rotatable bonds is 1. The van der Waals surface area contributed by atoms with Crippen molar-refractivity contribution in [3.63, 3.8) is 0 Å². The van der Waals surface area contributed by atoms with Gasteiger partial charge >= 0.3 is 0 Å². The van der Waals surface area contributed by atoms with Gasteiger partial charge in [0.1, 0.15) is 5.60 Å². The van der Waals surface area contributed by atoms with E-state index in [1.54, 1.807) is 12.2 Å². The summed E-state index contributed by atoms with van der Waals surface area (Å²) in [6, 6.07) is 0. The van der Waals surface area contributed by atoms with Gasteiger partial charge in [0.25, 0.3) is 0 Å². The Bertz CT molecular complexity index is 799. The molecule has 0 amide bonds. The van der Waals surface area contributed by atoms with Crippen LogP contribution in [0.3, 0.4) is 0 Å². The van der Waals surface area contributed by atoms with Crippen LogP contribution in [0.25, 0.3) is 0 Å². The number of hydrogen-bond acceptors (Lipinski definition) is 3. The Morgan fingerprint density at radius 1 is 1.31 bits per heavy atom. The molecule has 2 saturated carbocycles. The molecule has 1 unspecified atom stereocenters. The van der Waals surface area contributed by atoms with Gasteiger partial charge in [-0.15, -0.1) is 23.2 Å². The second-order valence-electron chi connectivity index (χ2n) is 8.84.